The van der Waals surface area contributed by atoms with E-state index in [1.807, 2.05) is 0 Å². The van der Waals surface area contributed by atoms with Crippen LogP contribution in [0.2, 0.25) is 0 Å². The van der Waals surface area contributed by atoms with Crippen molar-refractivity contribution < 1.29 is 9.72 Å². The van der Waals surface area contributed by atoms with Crippen molar-refractivity contribution in [2.45, 2.75) is 6.54 Å². The third-order valence-corrected chi connectivity index (χ3v) is 2.84. The van der Waals surface area contributed by atoms with Gasteiger partial charge in [0.2, 0.25) is 5.91 Å². The van der Waals surface area contributed by atoms with E-state index in [-0.39, 0.29) is 5.69 Å². The molecule has 2 rings (SSSR count). The number of nitro groups is 1. The summed E-state index contributed by atoms with van der Waals surface area (Å²) in [6.45, 7) is 0.326. The number of benzene rings is 2. The van der Waals surface area contributed by atoms with Gasteiger partial charge in [-0.3, -0.25) is 14.9 Å². The van der Waals surface area contributed by atoms with E-state index in [4.69, 9.17) is 5.73 Å². The Morgan fingerprint density at radius 3 is 2.40 bits per heavy atom. The van der Waals surface area contributed by atoms with Crippen LogP contribution in [0.1, 0.15) is 15.9 Å². The molecule has 0 radical (unpaired) electrons. The van der Waals surface area contributed by atoms with Crippen molar-refractivity contribution in [1.82, 2.24) is 0 Å². The van der Waals surface area contributed by atoms with E-state index >= 15 is 0 Å². The Labute approximate surface area is 115 Å². The Balaban J connectivity index is 2.09. The first kappa shape index (κ1) is 13.5. The number of anilines is 1. The van der Waals surface area contributed by atoms with Crippen LogP contribution in [0, 0.1) is 10.1 Å². The van der Waals surface area contributed by atoms with Crippen LogP contribution < -0.4 is 11.1 Å². The number of rotatable bonds is 5. The number of nitro benzene ring substituents is 1. The summed E-state index contributed by atoms with van der Waals surface area (Å²) in [5.74, 6) is -0.491. The molecule has 0 aromatic heterocycles. The van der Waals surface area contributed by atoms with Crippen LogP contribution in [-0.4, -0.2) is 10.8 Å². The Hall–Kier alpha value is -2.89. The van der Waals surface area contributed by atoms with Gasteiger partial charge in [0.25, 0.3) is 5.69 Å². The van der Waals surface area contributed by atoms with Gasteiger partial charge in [0, 0.05) is 29.4 Å². The molecule has 2 aromatic carbocycles. The van der Waals surface area contributed by atoms with Crippen LogP contribution in [0.15, 0.2) is 48.5 Å². The molecule has 20 heavy (non-hydrogen) atoms. The predicted molar refractivity (Wildman–Crippen MR) is 75.4 cm³/mol. The van der Waals surface area contributed by atoms with Gasteiger partial charge in [0.15, 0.2) is 0 Å². The molecule has 6 nitrogen and oxygen atoms in total. The van der Waals surface area contributed by atoms with E-state index in [9.17, 15) is 14.9 Å². The maximum atomic E-state index is 10.9. The zero-order valence-corrected chi connectivity index (χ0v) is 10.6. The molecule has 0 aliphatic rings. The molecule has 0 fully saturated rings. The van der Waals surface area contributed by atoms with Crippen LogP contribution >= 0.6 is 0 Å². The van der Waals surface area contributed by atoms with E-state index < -0.39 is 10.8 Å². The second-order valence-electron chi connectivity index (χ2n) is 4.18. The van der Waals surface area contributed by atoms with Crippen LogP contribution in [0.3, 0.4) is 0 Å². The molecule has 0 saturated heterocycles. The molecule has 6 heteroatoms. The number of hydrogen-bond donors (Lipinski definition) is 2. The molecular weight excluding hydrogens is 258 g/mol. The monoisotopic (exact) mass is 271 g/mol. The third-order valence-electron chi connectivity index (χ3n) is 2.84. The Kier molecular flexibility index (Phi) is 3.95. The zero-order chi connectivity index (χ0) is 14.5. The van der Waals surface area contributed by atoms with Crippen molar-refractivity contribution in [3.05, 3.63) is 69.8 Å². The summed E-state index contributed by atoms with van der Waals surface area (Å²) in [6.07, 6.45) is 0. The quantitative estimate of drug-likeness (QED) is 0.644. The number of amides is 1. The number of nitrogens with two attached hydrogens (primary N) is 1. The molecule has 0 spiro atoms. The van der Waals surface area contributed by atoms with Crippen molar-refractivity contribution in [1.29, 1.82) is 0 Å². The summed E-state index contributed by atoms with van der Waals surface area (Å²) < 4.78 is 0. The van der Waals surface area contributed by atoms with E-state index in [2.05, 4.69) is 5.32 Å². The number of nitrogens with zero attached hydrogens (tertiary/aromatic N) is 1. The van der Waals surface area contributed by atoms with Crippen molar-refractivity contribution in [2.75, 3.05) is 5.32 Å². The second-order valence-corrected chi connectivity index (χ2v) is 4.18. The van der Waals surface area contributed by atoms with Crippen molar-refractivity contribution >= 4 is 17.3 Å². The molecule has 0 unspecified atom stereocenters. The minimum Gasteiger partial charge on any atom is -0.381 e. The van der Waals surface area contributed by atoms with E-state index in [0.29, 0.717) is 17.7 Å². The average molecular weight is 271 g/mol. The largest absolute Gasteiger partial charge is 0.381 e. The van der Waals surface area contributed by atoms with Crippen molar-refractivity contribution in [3.63, 3.8) is 0 Å². The van der Waals surface area contributed by atoms with Gasteiger partial charge in [0.05, 0.1) is 4.92 Å². The number of primary amides is 1. The summed E-state index contributed by atoms with van der Waals surface area (Å²) in [7, 11) is 0. The highest BCUT2D eigenvalue weighted by atomic mass is 16.6. The molecule has 0 saturated carbocycles. The first-order valence-electron chi connectivity index (χ1n) is 5.94. The summed E-state index contributed by atoms with van der Waals surface area (Å²) in [4.78, 5) is 21.4. The SMILES string of the molecule is NC(=O)c1ccc(NCc2ccccc2[N+](=O)[O-])cc1. The molecule has 0 atom stereocenters. The lowest BCUT2D eigenvalue weighted by Crippen LogP contribution is -2.10. The highest BCUT2D eigenvalue weighted by molar-refractivity contribution is 5.93. The third kappa shape index (κ3) is 3.11. The minimum atomic E-state index is -0.491. The van der Waals surface area contributed by atoms with Crippen LogP contribution in [0.5, 0.6) is 0 Å². The molecule has 102 valence electrons. The smallest absolute Gasteiger partial charge is 0.274 e. The first-order valence-corrected chi connectivity index (χ1v) is 5.94. The highest BCUT2D eigenvalue weighted by Gasteiger charge is 2.11. The lowest BCUT2D eigenvalue weighted by Gasteiger charge is -2.07. The lowest BCUT2D eigenvalue weighted by molar-refractivity contribution is -0.385. The maximum absolute atomic E-state index is 10.9. The van der Waals surface area contributed by atoms with Gasteiger partial charge in [-0.25, -0.2) is 0 Å². The van der Waals surface area contributed by atoms with Gasteiger partial charge in [0.1, 0.15) is 0 Å². The Bertz CT molecular complexity index is 638. The summed E-state index contributed by atoms with van der Waals surface area (Å²) in [6, 6.07) is 13.2. The molecule has 0 aliphatic carbocycles. The predicted octanol–water partition coefficient (Wildman–Crippen LogP) is 2.31. The number of nitrogens with one attached hydrogen (secondary N) is 1. The highest BCUT2D eigenvalue weighted by Crippen LogP contribution is 2.19. The average Bonchev–Trinajstić information content (AvgIpc) is 2.45. The molecule has 2 aromatic rings. The summed E-state index contributed by atoms with van der Waals surface area (Å²) >= 11 is 0. The zero-order valence-electron chi connectivity index (χ0n) is 10.6. The lowest BCUT2D eigenvalue weighted by atomic mass is 10.1. The molecule has 1 amide bonds. The fourth-order valence-corrected chi connectivity index (χ4v) is 1.79. The molecule has 0 aliphatic heterocycles. The van der Waals surface area contributed by atoms with Crippen molar-refractivity contribution in [2.24, 2.45) is 5.73 Å². The second kappa shape index (κ2) is 5.83. The number of hydrogen-bond acceptors (Lipinski definition) is 4. The standard InChI is InChI=1S/C14H13N3O3/c15-14(18)10-5-7-12(8-6-10)16-9-11-3-1-2-4-13(11)17(19)20/h1-8,16H,9H2,(H2,15,18). The van der Waals surface area contributed by atoms with Gasteiger partial charge < -0.3 is 11.1 Å². The fourth-order valence-electron chi connectivity index (χ4n) is 1.79. The number of carbonyl (C=O) groups is 1. The molecular formula is C14H13N3O3. The first-order chi connectivity index (χ1) is 9.58. The van der Waals surface area contributed by atoms with Gasteiger partial charge in [-0.2, -0.15) is 0 Å². The number of para-hydroxylation sites is 1. The van der Waals surface area contributed by atoms with Crippen LogP contribution in [-0.2, 0) is 6.54 Å². The van der Waals surface area contributed by atoms with Gasteiger partial charge >= 0.3 is 0 Å². The maximum Gasteiger partial charge on any atom is 0.274 e. The minimum absolute atomic E-state index is 0.0776. The topological polar surface area (TPSA) is 98.3 Å². The van der Waals surface area contributed by atoms with E-state index in [0.717, 1.165) is 5.69 Å². The summed E-state index contributed by atoms with van der Waals surface area (Å²) in [5.41, 5.74) is 6.99. The van der Waals surface area contributed by atoms with Gasteiger partial charge in [-0.15, -0.1) is 0 Å². The number of carbonyl (C=O) groups excluding carboxylic acids is 1. The Morgan fingerprint density at radius 2 is 1.80 bits per heavy atom. The van der Waals surface area contributed by atoms with Crippen LogP contribution in [0.4, 0.5) is 11.4 Å². The van der Waals surface area contributed by atoms with Gasteiger partial charge in [-0.1, -0.05) is 18.2 Å². The molecule has 0 bridgehead atoms. The van der Waals surface area contributed by atoms with Gasteiger partial charge in [-0.05, 0) is 24.3 Å². The normalized spacial score (nSPS) is 10.0. The molecule has 3 N–H and O–H groups in total. The Morgan fingerprint density at radius 1 is 1.15 bits per heavy atom. The van der Waals surface area contributed by atoms with Crippen LogP contribution in [0.25, 0.3) is 0 Å². The fraction of sp³-hybridized carbons (Fsp3) is 0.0714. The van der Waals surface area contributed by atoms with E-state index in [1.54, 1.807) is 42.5 Å². The summed E-state index contributed by atoms with van der Waals surface area (Å²) in [5, 5.41) is 13.9. The van der Waals surface area contributed by atoms with E-state index in [1.165, 1.54) is 6.07 Å². The van der Waals surface area contributed by atoms with Crippen molar-refractivity contribution in [3.8, 4) is 0 Å². The molecule has 0 heterocycles.